The fourth-order valence-corrected chi connectivity index (χ4v) is 4.65. The second-order valence-corrected chi connectivity index (χ2v) is 10.5. The van der Waals surface area contributed by atoms with Crippen molar-refractivity contribution in [2.45, 2.75) is 6.61 Å². The van der Waals surface area contributed by atoms with Gasteiger partial charge in [0.25, 0.3) is 10.1 Å². The second-order valence-electron chi connectivity index (χ2n) is 9.07. The third-order valence-electron chi connectivity index (χ3n) is 6.34. The van der Waals surface area contributed by atoms with Crippen molar-refractivity contribution in [1.82, 2.24) is 0 Å². The molecule has 0 aliphatic carbocycles. The van der Waals surface area contributed by atoms with Gasteiger partial charge >= 0.3 is 0 Å². The quantitative estimate of drug-likeness (QED) is 0.165. The van der Waals surface area contributed by atoms with Crippen LogP contribution in [-0.2, 0) is 23.8 Å². The Labute approximate surface area is 233 Å². The van der Waals surface area contributed by atoms with Crippen LogP contribution in [0.2, 0.25) is 0 Å². The van der Waals surface area contributed by atoms with Gasteiger partial charge in [-0.3, -0.25) is 4.55 Å². The van der Waals surface area contributed by atoms with Gasteiger partial charge in [0, 0.05) is 10.8 Å². The molecule has 1 N–H and O–H groups in total. The first-order valence-corrected chi connectivity index (χ1v) is 14.1. The van der Waals surface area contributed by atoms with Crippen molar-refractivity contribution in [3.63, 3.8) is 0 Å². The molecule has 5 rings (SSSR count). The number of hydrogen-bond donors (Lipinski definition) is 1. The molecule has 9 nitrogen and oxygen atoms in total. The van der Waals surface area contributed by atoms with Gasteiger partial charge in [-0.05, 0) is 35.9 Å². The SMILES string of the molecule is COc1cc2c[n+](C)c3c4cc(OC)c(OC)cc4c(OCc4ccccc4)cc3c2cc1OC.CS(=O)(=O)O. The summed E-state index contributed by atoms with van der Waals surface area (Å²) in [5, 5.41) is 5.06. The molecule has 0 radical (unpaired) electrons. The molecule has 0 spiro atoms. The van der Waals surface area contributed by atoms with E-state index < -0.39 is 10.1 Å². The van der Waals surface area contributed by atoms with Gasteiger partial charge in [-0.25, -0.2) is 0 Å². The summed E-state index contributed by atoms with van der Waals surface area (Å²) in [6.07, 6.45) is 2.81. The minimum atomic E-state index is -3.67. The molecule has 40 heavy (non-hydrogen) atoms. The summed E-state index contributed by atoms with van der Waals surface area (Å²) in [6.45, 7) is 0.448. The summed E-state index contributed by atoms with van der Waals surface area (Å²) in [4.78, 5) is 0. The number of fused-ring (bicyclic) bond motifs is 5. The first kappa shape index (κ1) is 28.7. The largest absolute Gasteiger partial charge is 0.493 e. The average Bonchev–Trinajstić information content (AvgIpc) is 2.93. The molecule has 0 saturated heterocycles. The Balaban J connectivity index is 0.000000681. The lowest BCUT2D eigenvalue weighted by molar-refractivity contribution is -0.642. The molecule has 0 aliphatic rings. The minimum Gasteiger partial charge on any atom is -0.493 e. The number of ether oxygens (including phenoxy) is 5. The zero-order valence-electron chi connectivity index (χ0n) is 23.2. The molecule has 0 unspecified atom stereocenters. The standard InChI is InChI=1S/C29H28NO5.CH4O3S/c1-30-16-19-11-25(31-2)26(32-3)12-20(19)22-14-24(35-17-18-9-7-6-8-10-18)21-13-27(33-4)28(34-5)15-23(21)29(22)30;1-5(2,3)4/h6-16H,17H2,1-5H3;1H3,(H,2,3,4)/q+1;. The smallest absolute Gasteiger partial charge is 0.261 e. The van der Waals surface area contributed by atoms with Crippen LogP contribution in [0.15, 0.2) is 66.9 Å². The van der Waals surface area contributed by atoms with E-state index in [4.69, 9.17) is 28.2 Å². The van der Waals surface area contributed by atoms with Gasteiger partial charge in [0.15, 0.2) is 29.2 Å². The summed E-state index contributed by atoms with van der Waals surface area (Å²) in [6, 6.07) is 20.2. The molecule has 1 aromatic heterocycles. The van der Waals surface area contributed by atoms with Crippen molar-refractivity contribution in [3.8, 4) is 28.7 Å². The Morgan fingerprint density at radius 1 is 0.700 bits per heavy atom. The first-order valence-electron chi connectivity index (χ1n) is 12.2. The van der Waals surface area contributed by atoms with Crippen molar-refractivity contribution < 1.29 is 41.2 Å². The highest BCUT2D eigenvalue weighted by Crippen LogP contribution is 2.42. The van der Waals surface area contributed by atoms with Crippen LogP contribution in [-0.4, -0.2) is 47.7 Å². The van der Waals surface area contributed by atoms with Crippen molar-refractivity contribution in [1.29, 1.82) is 0 Å². The molecule has 0 fully saturated rings. The van der Waals surface area contributed by atoms with Gasteiger partial charge in [-0.15, -0.1) is 0 Å². The van der Waals surface area contributed by atoms with E-state index in [-0.39, 0.29) is 0 Å². The van der Waals surface area contributed by atoms with Crippen LogP contribution in [0.4, 0.5) is 0 Å². The number of pyridine rings is 1. The fraction of sp³-hybridized carbons (Fsp3) is 0.233. The first-order chi connectivity index (χ1) is 19.1. The molecule has 5 aromatic rings. The highest BCUT2D eigenvalue weighted by Gasteiger charge is 2.22. The number of nitrogens with zero attached hydrogens (tertiary/aromatic N) is 1. The molecular weight excluding hydrogens is 534 g/mol. The molecule has 0 saturated carbocycles. The van der Waals surface area contributed by atoms with Crippen molar-refractivity contribution in [3.05, 3.63) is 72.4 Å². The number of methoxy groups -OCH3 is 4. The van der Waals surface area contributed by atoms with Crippen molar-refractivity contribution >= 4 is 42.6 Å². The lowest BCUT2D eigenvalue weighted by atomic mass is 9.99. The summed E-state index contributed by atoms with van der Waals surface area (Å²) in [5.41, 5.74) is 2.14. The molecule has 0 amide bonds. The van der Waals surface area contributed by atoms with Crippen LogP contribution < -0.4 is 28.3 Å². The third-order valence-corrected chi connectivity index (χ3v) is 6.34. The van der Waals surface area contributed by atoms with E-state index in [1.807, 2.05) is 49.5 Å². The second kappa shape index (κ2) is 11.8. The van der Waals surface area contributed by atoms with E-state index >= 15 is 0 Å². The predicted octanol–water partition coefficient (Wildman–Crippen LogP) is 5.09. The molecule has 0 bridgehead atoms. The monoisotopic (exact) mass is 566 g/mol. The Morgan fingerprint density at radius 2 is 1.15 bits per heavy atom. The normalized spacial score (nSPS) is 11.2. The molecule has 4 aromatic carbocycles. The van der Waals surface area contributed by atoms with Gasteiger partial charge in [-0.2, -0.15) is 13.0 Å². The molecule has 1 heterocycles. The van der Waals surface area contributed by atoms with E-state index in [1.165, 1.54) is 0 Å². The maximum absolute atomic E-state index is 9.19. The Bertz CT molecular complexity index is 1780. The van der Waals surface area contributed by atoms with E-state index in [2.05, 4.69) is 29.0 Å². The van der Waals surface area contributed by atoms with Gasteiger partial charge in [0.1, 0.15) is 19.4 Å². The number of benzene rings is 4. The Morgan fingerprint density at radius 3 is 1.70 bits per heavy atom. The Kier molecular flexibility index (Phi) is 8.51. The zero-order chi connectivity index (χ0) is 29.0. The Hall–Kier alpha value is -4.28. The predicted molar refractivity (Wildman–Crippen MR) is 155 cm³/mol. The molecule has 10 heteroatoms. The number of aromatic nitrogens is 1. The van der Waals surface area contributed by atoms with E-state index in [9.17, 15) is 8.42 Å². The van der Waals surface area contributed by atoms with Crippen molar-refractivity contribution in [2.75, 3.05) is 34.7 Å². The lowest BCUT2D eigenvalue weighted by Gasteiger charge is -2.16. The van der Waals surface area contributed by atoms with Crippen LogP contribution >= 0.6 is 0 Å². The molecular formula is C30H32NO8S+. The topological polar surface area (TPSA) is 104 Å². The number of rotatable bonds is 7. The van der Waals surface area contributed by atoms with E-state index in [1.54, 1.807) is 28.4 Å². The molecule has 0 atom stereocenters. The van der Waals surface area contributed by atoms with Crippen LogP contribution in [0.25, 0.3) is 32.4 Å². The van der Waals surface area contributed by atoms with Gasteiger partial charge < -0.3 is 23.7 Å². The zero-order valence-corrected chi connectivity index (χ0v) is 24.0. The maximum atomic E-state index is 9.19. The summed E-state index contributed by atoms with van der Waals surface area (Å²) < 4.78 is 56.8. The summed E-state index contributed by atoms with van der Waals surface area (Å²) in [5.74, 6) is 3.44. The fourth-order valence-electron chi connectivity index (χ4n) is 4.65. The van der Waals surface area contributed by atoms with E-state index in [0.717, 1.165) is 43.8 Å². The lowest BCUT2D eigenvalue weighted by Crippen LogP contribution is -2.28. The highest BCUT2D eigenvalue weighted by molar-refractivity contribution is 7.85. The van der Waals surface area contributed by atoms with Crippen LogP contribution in [0.3, 0.4) is 0 Å². The number of hydrogen-bond acceptors (Lipinski definition) is 7. The van der Waals surface area contributed by atoms with Gasteiger partial charge in [0.05, 0.1) is 50.9 Å². The molecule has 0 aliphatic heterocycles. The van der Waals surface area contributed by atoms with Crippen LogP contribution in [0.1, 0.15) is 5.56 Å². The third kappa shape index (κ3) is 6.13. The maximum Gasteiger partial charge on any atom is 0.261 e. The van der Waals surface area contributed by atoms with Gasteiger partial charge in [-0.1, -0.05) is 30.3 Å². The molecule has 210 valence electrons. The average molecular weight is 567 g/mol. The minimum absolute atomic E-state index is 0.448. The van der Waals surface area contributed by atoms with Crippen LogP contribution in [0.5, 0.6) is 28.7 Å². The summed E-state index contributed by atoms with van der Waals surface area (Å²) >= 11 is 0. The van der Waals surface area contributed by atoms with Crippen molar-refractivity contribution in [2.24, 2.45) is 7.05 Å². The van der Waals surface area contributed by atoms with E-state index in [0.29, 0.717) is 35.9 Å². The van der Waals surface area contributed by atoms with Crippen LogP contribution in [0, 0.1) is 0 Å². The van der Waals surface area contributed by atoms with Gasteiger partial charge in [0.2, 0.25) is 5.52 Å². The number of aryl methyl sites for hydroxylation is 1. The summed E-state index contributed by atoms with van der Waals surface area (Å²) in [7, 11) is 4.96. The highest BCUT2D eigenvalue weighted by atomic mass is 32.2.